The smallest absolute Gasteiger partial charge is 0.255 e. The summed E-state index contributed by atoms with van der Waals surface area (Å²) in [7, 11) is 2.05. The van der Waals surface area contributed by atoms with E-state index < -0.39 is 0 Å². The molecule has 3 rings (SSSR count). The van der Waals surface area contributed by atoms with Gasteiger partial charge < -0.3 is 14.0 Å². The molecule has 1 fully saturated rings. The minimum Gasteiger partial charge on any atom is -0.493 e. The van der Waals surface area contributed by atoms with Crippen molar-refractivity contribution in [2.24, 2.45) is 0 Å². The fourth-order valence-corrected chi connectivity index (χ4v) is 3.03. The average Bonchev–Trinajstić information content (AvgIpc) is 3.24. The van der Waals surface area contributed by atoms with Crippen molar-refractivity contribution >= 4 is 0 Å². The number of ether oxygens (including phenoxy) is 2. The zero-order chi connectivity index (χ0) is 17.6. The molecule has 136 valence electrons. The van der Waals surface area contributed by atoms with Gasteiger partial charge in [-0.25, -0.2) is 0 Å². The van der Waals surface area contributed by atoms with E-state index in [0.29, 0.717) is 24.9 Å². The fraction of sp³-hybridized carbons (Fsp3) is 0.579. The SMILES string of the molecule is Cc1ccc(OCCCN(C)Cc2noc([C@H]3CCCO3)n2)c(C)c1. The van der Waals surface area contributed by atoms with Gasteiger partial charge in [0.05, 0.1) is 13.2 Å². The molecule has 0 radical (unpaired) electrons. The van der Waals surface area contributed by atoms with Gasteiger partial charge in [-0.3, -0.25) is 4.90 Å². The highest BCUT2D eigenvalue weighted by atomic mass is 16.5. The maximum absolute atomic E-state index is 5.87. The highest BCUT2D eigenvalue weighted by molar-refractivity contribution is 5.35. The molecule has 2 aromatic rings. The van der Waals surface area contributed by atoms with Crippen LogP contribution in [0.25, 0.3) is 0 Å². The van der Waals surface area contributed by atoms with Crippen molar-refractivity contribution in [3.8, 4) is 5.75 Å². The van der Waals surface area contributed by atoms with Crippen molar-refractivity contribution in [3.05, 3.63) is 41.0 Å². The summed E-state index contributed by atoms with van der Waals surface area (Å²) in [5.74, 6) is 2.29. The first-order valence-corrected chi connectivity index (χ1v) is 8.94. The Morgan fingerprint density at radius 3 is 2.96 bits per heavy atom. The van der Waals surface area contributed by atoms with Crippen molar-refractivity contribution in [1.29, 1.82) is 0 Å². The van der Waals surface area contributed by atoms with Crippen LogP contribution in [0.5, 0.6) is 5.75 Å². The van der Waals surface area contributed by atoms with E-state index in [1.165, 1.54) is 11.1 Å². The second kappa shape index (κ2) is 8.45. The summed E-state index contributed by atoms with van der Waals surface area (Å²) in [4.78, 5) is 6.63. The van der Waals surface area contributed by atoms with Gasteiger partial charge >= 0.3 is 0 Å². The van der Waals surface area contributed by atoms with Crippen LogP contribution in [-0.4, -0.2) is 41.8 Å². The van der Waals surface area contributed by atoms with Crippen LogP contribution in [0, 0.1) is 13.8 Å². The molecule has 0 bridgehead atoms. The van der Waals surface area contributed by atoms with Crippen LogP contribution >= 0.6 is 0 Å². The van der Waals surface area contributed by atoms with Crippen LogP contribution in [0.2, 0.25) is 0 Å². The zero-order valence-corrected chi connectivity index (χ0v) is 15.3. The highest BCUT2D eigenvalue weighted by Crippen LogP contribution is 2.27. The van der Waals surface area contributed by atoms with E-state index in [1.54, 1.807) is 0 Å². The van der Waals surface area contributed by atoms with Gasteiger partial charge in [-0.05, 0) is 51.8 Å². The van der Waals surface area contributed by atoms with Crippen LogP contribution in [0.3, 0.4) is 0 Å². The molecule has 0 aliphatic carbocycles. The molecule has 1 aromatic heterocycles. The van der Waals surface area contributed by atoms with Gasteiger partial charge in [0.15, 0.2) is 5.82 Å². The molecular formula is C19H27N3O3. The Hall–Kier alpha value is -1.92. The molecule has 2 heterocycles. The molecule has 1 aliphatic rings. The lowest BCUT2D eigenvalue weighted by molar-refractivity contribution is 0.0835. The van der Waals surface area contributed by atoms with Gasteiger partial charge in [0.25, 0.3) is 5.89 Å². The normalized spacial score (nSPS) is 17.4. The number of hydrogen-bond donors (Lipinski definition) is 0. The Bertz CT molecular complexity index is 680. The molecule has 1 atom stereocenters. The highest BCUT2D eigenvalue weighted by Gasteiger charge is 2.23. The lowest BCUT2D eigenvalue weighted by atomic mass is 10.1. The van der Waals surface area contributed by atoms with Gasteiger partial charge in [-0.1, -0.05) is 22.9 Å². The predicted molar refractivity (Wildman–Crippen MR) is 94.6 cm³/mol. The second-order valence-electron chi connectivity index (χ2n) is 6.76. The van der Waals surface area contributed by atoms with Gasteiger partial charge in [-0.15, -0.1) is 0 Å². The van der Waals surface area contributed by atoms with Crippen LogP contribution in [-0.2, 0) is 11.3 Å². The lowest BCUT2D eigenvalue weighted by Gasteiger charge is -2.15. The van der Waals surface area contributed by atoms with E-state index in [1.807, 2.05) is 6.07 Å². The quantitative estimate of drug-likeness (QED) is 0.683. The van der Waals surface area contributed by atoms with E-state index in [2.05, 4.69) is 48.1 Å². The fourth-order valence-electron chi connectivity index (χ4n) is 3.03. The first-order chi connectivity index (χ1) is 12.1. The summed E-state index contributed by atoms with van der Waals surface area (Å²) in [6, 6.07) is 6.26. The molecule has 1 aromatic carbocycles. The lowest BCUT2D eigenvalue weighted by Crippen LogP contribution is -2.21. The summed E-state index contributed by atoms with van der Waals surface area (Å²) in [6.07, 6.45) is 2.95. The van der Waals surface area contributed by atoms with Crippen molar-refractivity contribution in [2.75, 3.05) is 26.8 Å². The molecule has 0 saturated carbocycles. The molecule has 0 unspecified atom stereocenters. The summed E-state index contributed by atoms with van der Waals surface area (Å²) < 4.78 is 16.8. The van der Waals surface area contributed by atoms with Crippen LogP contribution in [0.1, 0.15) is 48.2 Å². The Kier molecular flexibility index (Phi) is 6.04. The monoisotopic (exact) mass is 345 g/mol. The van der Waals surface area contributed by atoms with Crippen molar-refractivity contribution in [1.82, 2.24) is 15.0 Å². The van der Waals surface area contributed by atoms with Crippen LogP contribution in [0.15, 0.2) is 22.7 Å². The standard InChI is InChI=1S/C19H27N3O3/c1-14-7-8-16(15(2)12-14)23-11-5-9-22(3)13-18-20-19(25-21-18)17-6-4-10-24-17/h7-8,12,17H,4-6,9-11,13H2,1-3H3/t17-/m1/s1. The third kappa shape index (κ3) is 5.03. The van der Waals surface area contributed by atoms with E-state index >= 15 is 0 Å². The zero-order valence-electron chi connectivity index (χ0n) is 15.3. The molecule has 25 heavy (non-hydrogen) atoms. The average molecular weight is 345 g/mol. The van der Waals surface area contributed by atoms with Crippen molar-refractivity contribution < 1.29 is 14.0 Å². The summed E-state index contributed by atoms with van der Waals surface area (Å²) in [5, 5.41) is 4.06. The van der Waals surface area contributed by atoms with Gasteiger partial charge in [0.2, 0.25) is 0 Å². The Balaban J connectivity index is 1.38. The molecule has 0 spiro atoms. The van der Waals surface area contributed by atoms with Crippen molar-refractivity contribution in [3.63, 3.8) is 0 Å². The molecule has 0 N–H and O–H groups in total. The van der Waals surface area contributed by atoms with Gasteiger partial charge in [0.1, 0.15) is 11.9 Å². The third-order valence-electron chi connectivity index (χ3n) is 4.37. The molecule has 1 saturated heterocycles. The predicted octanol–water partition coefficient (Wildman–Crippen LogP) is 3.44. The minimum absolute atomic E-state index is 0.0160. The number of aryl methyl sites for hydroxylation is 2. The maximum Gasteiger partial charge on any atom is 0.255 e. The van der Waals surface area contributed by atoms with Crippen LogP contribution in [0.4, 0.5) is 0 Å². The van der Waals surface area contributed by atoms with E-state index in [4.69, 9.17) is 14.0 Å². The molecule has 0 amide bonds. The van der Waals surface area contributed by atoms with Crippen molar-refractivity contribution in [2.45, 2.75) is 45.8 Å². The van der Waals surface area contributed by atoms with Crippen LogP contribution < -0.4 is 4.74 Å². The number of aromatic nitrogens is 2. The van der Waals surface area contributed by atoms with Gasteiger partial charge in [0, 0.05) is 13.2 Å². The second-order valence-corrected chi connectivity index (χ2v) is 6.76. The molecule has 1 aliphatic heterocycles. The molecule has 6 nitrogen and oxygen atoms in total. The third-order valence-corrected chi connectivity index (χ3v) is 4.37. The number of nitrogens with zero attached hydrogens (tertiary/aromatic N) is 3. The maximum atomic E-state index is 5.87. The largest absolute Gasteiger partial charge is 0.493 e. The van der Waals surface area contributed by atoms with E-state index in [-0.39, 0.29) is 6.10 Å². The molecular weight excluding hydrogens is 318 g/mol. The number of hydrogen-bond acceptors (Lipinski definition) is 6. The first-order valence-electron chi connectivity index (χ1n) is 8.94. The van der Waals surface area contributed by atoms with Gasteiger partial charge in [-0.2, -0.15) is 4.98 Å². The summed E-state index contributed by atoms with van der Waals surface area (Å²) >= 11 is 0. The van der Waals surface area contributed by atoms with E-state index in [0.717, 1.165) is 38.2 Å². The van der Waals surface area contributed by atoms with E-state index in [9.17, 15) is 0 Å². The number of rotatable bonds is 8. The Labute approximate surface area is 149 Å². The summed E-state index contributed by atoms with van der Waals surface area (Å²) in [5.41, 5.74) is 2.44. The Morgan fingerprint density at radius 1 is 1.32 bits per heavy atom. The molecule has 6 heteroatoms. The minimum atomic E-state index is -0.0160. The number of benzene rings is 1. The topological polar surface area (TPSA) is 60.6 Å². The Morgan fingerprint density at radius 2 is 2.20 bits per heavy atom. The first kappa shape index (κ1) is 17.9. The summed E-state index contributed by atoms with van der Waals surface area (Å²) in [6.45, 7) is 7.23.